The van der Waals surface area contributed by atoms with Crippen LogP contribution in [0, 0.1) is 10.1 Å². The highest BCUT2D eigenvalue weighted by Crippen LogP contribution is 2.47. The van der Waals surface area contributed by atoms with Gasteiger partial charge >= 0.3 is 0 Å². The Labute approximate surface area is 203 Å². The van der Waals surface area contributed by atoms with E-state index in [1.54, 1.807) is 23.5 Å². The number of Topliss-reactive ketones (excluding diaryl/α,β-unsaturated/α-hetero) is 1. The number of allylic oxidation sites excluding steroid dienone is 2. The van der Waals surface area contributed by atoms with Gasteiger partial charge in [0.1, 0.15) is 5.82 Å². The summed E-state index contributed by atoms with van der Waals surface area (Å²) in [5, 5.41) is 20.0. The number of rotatable bonds is 4. The van der Waals surface area contributed by atoms with E-state index in [0.717, 1.165) is 10.6 Å². The fraction of sp³-hybridized carbons (Fsp3) is 0.154. The number of H-pyrrole nitrogens is 1. The number of nitrogens with zero attached hydrogens (tertiary/aromatic N) is 2. The lowest BCUT2D eigenvalue weighted by molar-refractivity contribution is -0.384. The maximum Gasteiger partial charge on any atom is 0.277 e. The van der Waals surface area contributed by atoms with E-state index < -0.39 is 10.8 Å². The van der Waals surface area contributed by atoms with Crippen LogP contribution in [-0.4, -0.2) is 20.5 Å². The second-order valence-corrected chi connectivity index (χ2v) is 9.70. The number of nitro groups is 1. The summed E-state index contributed by atoms with van der Waals surface area (Å²) in [7, 11) is 0. The quantitative estimate of drug-likeness (QED) is 0.310. The summed E-state index contributed by atoms with van der Waals surface area (Å²) >= 11 is 1.62. The third-order valence-corrected chi connectivity index (χ3v) is 7.70. The maximum absolute atomic E-state index is 13.7. The molecule has 0 bridgehead atoms. The molecule has 2 aliphatic rings. The van der Waals surface area contributed by atoms with Crippen molar-refractivity contribution >= 4 is 28.6 Å². The first-order valence-electron chi connectivity index (χ1n) is 11.2. The van der Waals surface area contributed by atoms with Gasteiger partial charge in [0.15, 0.2) is 5.78 Å². The molecule has 1 aliphatic carbocycles. The molecule has 0 saturated carbocycles. The molecular formula is C26H20N4O4S. The number of fused-ring (bicyclic) bond motifs is 1. The smallest absolute Gasteiger partial charge is 0.277 e. The molecule has 3 heterocycles. The van der Waals surface area contributed by atoms with E-state index in [4.69, 9.17) is 0 Å². The molecule has 6 rings (SSSR count). The van der Waals surface area contributed by atoms with Crippen molar-refractivity contribution in [3.8, 4) is 5.69 Å². The van der Waals surface area contributed by atoms with E-state index in [1.807, 2.05) is 47.8 Å². The standard InChI is InChI=1S/C26H20N4O4S/c31-20-14-16(21-10-5-11-35-21)13-19-23(20)22(15-6-4-9-18(12-15)30(33)34)24-25(27-19)28-29(26(24)32)17-7-2-1-3-8-17/h1-12,16,22,27-28H,13-14H2/t16-,22-/m1/s1. The van der Waals surface area contributed by atoms with Crippen LogP contribution in [0.25, 0.3) is 5.69 Å². The van der Waals surface area contributed by atoms with Crippen molar-refractivity contribution < 1.29 is 9.72 Å². The van der Waals surface area contributed by atoms with Crippen LogP contribution in [0.2, 0.25) is 0 Å². The Kier molecular flexibility index (Phi) is 5.00. The number of hydrogen-bond donors (Lipinski definition) is 2. The van der Waals surface area contributed by atoms with Gasteiger partial charge in [-0.15, -0.1) is 11.3 Å². The average Bonchev–Trinajstić information content (AvgIpc) is 3.52. The van der Waals surface area contributed by atoms with Gasteiger partial charge in [-0.2, -0.15) is 0 Å². The highest BCUT2D eigenvalue weighted by atomic mass is 32.1. The Hall–Kier alpha value is -4.24. The maximum atomic E-state index is 13.7. The van der Waals surface area contributed by atoms with Crippen molar-refractivity contribution in [3.05, 3.63) is 120 Å². The Morgan fingerprint density at radius 3 is 2.57 bits per heavy atom. The normalized spacial score (nSPS) is 19.1. The molecule has 0 spiro atoms. The number of benzene rings is 2. The highest BCUT2D eigenvalue weighted by Gasteiger charge is 2.41. The number of carbonyl (C=O) groups excluding carboxylic acids is 1. The molecule has 4 aromatic rings. The van der Waals surface area contributed by atoms with Crippen LogP contribution in [0.3, 0.4) is 0 Å². The fourth-order valence-corrected chi connectivity index (χ4v) is 5.96. The van der Waals surface area contributed by atoms with Crippen molar-refractivity contribution in [2.45, 2.75) is 24.7 Å². The first kappa shape index (κ1) is 21.3. The molecule has 1 aliphatic heterocycles. The van der Waals surface area contributed by atoms with Crippen LogP contribution < -0.4 is 10.9 Å². The molecule has 0 amide bonds. The lowest BCUT2D eigenvalue weighted by atomic mass is 9.74. The van der Waals surface area contributed by atoms with Gasteiger partial charge < -0.3 is 5.32 Å². The zero-order valence-corrected chi connectivity index (χ0v) is 19.2. The number of nitrogens with one attached hydrogen (secondary N) is 2. The molecule has 35 heavy (non-hydrogen) atoms. The summed E-state index contributed by atoms with van der Waals surface area (Å²) in [5.41, 5.74) is 2.49. The fourth-order valence-electron chi connectivity index (χ4n) is 5.13. The van der Waals surface area contributed by atoms with E-state index in [-0.39, 0.29) is 22.9 Å². The second-order valence-electron chi connectivity index (χ2n) is 8.72. The predicted octanol–water partition coefficient (Wildman–Crippen LogP) is 5.09. The SMILES string of the molecule is O=C1C[C@H](c2cccs2)CC2=C1[C@@H](c1cccc([N+](=O)[O-])c1)c1c([nH]n(-c3ccccc3)c1=O)N2. The lowest BCUT2D eigenvalue weighted by Crippen LogP contribution is -2.31. The molecule has 2 atom stereocenters. The van der Waals surface area contributed by atoms with E-state index in [9.17, 15) is 19.7 Å². The predicted molar refractivity (Wildman–Crippen MR) is 133 cm³/mol. The first-order chi connectivity index (χ1) is 17.0. The van der Waals surface area contributed by atoms with Crippen LogP contribution in [0.1, 0.15) is 40.7 Å². The molecule has 0 unspecified atom stereocenters. The third-order valence-electron chi connectivity index (χ3n) is 6.66. The number of carbonyl (C=O) groups is 1. The van der Waals surface area contributed by atoms with Crippen molar-refractivity contribution in [3.63, 3.8) is 0 Å². The summed E-state index contributed by atoms with van der Waals surface area (Å²) < 4.78 is 1.45. The van der Waals surface area contributed by atoms with Crippen LogP contribution in [0.15, 0.2) is 88.2 Å². The Balaban J connectivity index is 1.55. The molecule has 2 aromatic heterocycles. The molecule has 8 nitrogen and oxygen atoms in total. The largest absolute Gasteiger partial charge is 0.343 e. The van der Waals surface area contributed by atoms with Gasteiger partial charge in [-0.25, -0.2) is 4.68 Å². The van der Waals surface area contributed by atoms with E-state index in [1.165, 1.54) is 16.8 Å². The Morgan fingerprint density at radius 2 is 1.83 bits per heavy atom. The molecule has 174 valence electrons. The second kappa shape index (κ2) is 8.21. The number of ketones is 1. The molecule has 0 saturated heterocycles. The van der Waals surface area contributed by atoms with Crippen molar-refractivity contribution in [1.82, 2.24) is 9.78 Å². The number of nitro benzene ring substituents is 1. The summed E-state index contributed by atoms with van der Waals surface area (Å²) in [6.45, 7) is 0. The van der Waals surface area contributed by atoms with Crippen molar-refractivity contribution in [2.75, 3.05) is 5.32 Å². The summed E-state index contributed by atoms with van der Waals surface area (Å²) in [5.74, 6) is -0.199. The molecule has 2 N–H and O–H groups in total. The number of aromatic amines is 1. The summed E-state index contributed by atoms with van der Waals surface area (Å²) in [6.07, 6.45) is 0.948. The van der Waals surface area contributed by atoms with Gasteiger partial charge in [0.05, 0.1) is 16.2 Å². The minimum absolute atomic E-state index is 0.0454. The Morgan fingerprint density at radius 1 is 1.00 bits per heavy atom. The minimum Gasteiger partial charge on any atom is -0.343 e. The zero-order valence-electron chi connectivity index (χ0n) is 18.4. The van der Waals surface area contributed by atoms with E-state index >= 15 is 0 Å². The van der Waals surface area contributed by atoms with Crippen LogP contribution in [0.4, 0.5) is 11.5 Å². The summed E-state index contributed by atoms with van der Waals surface area (Å²) in [6, 6.07) is 19.4. The number of hydrogen-bond acceptors (Lipinski definition) is 6. The number of aromatic nitrogens is 2. The van der Waals surface area contributed by atoms with Gasteiger partial charge in [-0.05, 0) is 35.6 Å². The third kappa shape index (κ3) is 3.52. The average molecular weight is 485 g/mol. The highest BCUT2D eigenvalue weighted by molar-refractivity contribution is 7.10. The van der Waals surface area contributed by atoms with E-state index in [2.05, 4.69) is 10.4 Å². The molecule has 0 radical (unpaired) electrons. The van der Waals surface area contributed by atoms with Crippen LogP contribution in [0.5, 0.6) is 0 Å². The molecule has 2 aromatic carbocycles. The van der Waals surface area contributed by atoms with Gasteiger partial charge in [0.2, 0.25) is 0 Å². The monoisotopic (exact) mass is 484 g/mol. The Bertz CT molecular complexity index is 1550. The van der Waals surface area contributed by atoms with Crippen LogP contribution >= 0.6 is 11.3 Å². The minimum atomic E-state index is -0.702. The number of para-hydroxylation sites is 1. The number of non-ortho nitro benzene ring substituents is 1. The summed E-state index contributed by atoms with van der Waals surface area (Å²) in [4.78, 5) is 39.4. The topological polar surface area (TPSA) is 110 Å². The van der Waals surface area contributed by atoms with Gasteiger partial charge in [-0.3, -0.25) is 24.8 Å². The van der Waals surface area contributed by atoms with Gasteiger partial charge in [0, 0.05) is 46.5 Å². The van der Waals surface area contributed by atoms with Crippen molar-refractivity contribution in [1.29, 1.82) is 0 Å². The van der Waals surface area contributed by atoms with Crippen molar-refractivity contribution in [2.24, 2.45) is 0 Å². The van der Waals surface area contributed by atoms with Gasteiger partial charge in [-0.1, -0.05) is 36.4 Å². The number of thiophene rings is 1. The van der Waals surface area contributed by atoms with E-state index in [0.29, 0.717) is 41.0 Å². The number of anilines is 1. The van der Waals surface area contributed by atoms with Gasteiger partial charge in [0.25, 0.3) is 11.2 Å². The molecular weight excluding hydrogens is 464 g/mol. The molecule has 9 heteroatoms. The lowest BCUT2D eigenvalue weighted by Gasteiger charge is -2.34. The zero-order chi connectivity index (χ0) is 24.1. The first-order valence-corrected chi connectivity index (χ1v) is 12.1. The van der Waals surface area contributed by atoms with Crippen LogP contribution in [-0.2, 0) is 4.79 Å². The molecule has 0 fully saturated rings.